The number of benzene rings is 1. The van der Waals surface area contributed by atoms with Crippen LogP contribution in [0.5, 0.6) is 0 Å². The second-order valence-electron chi connectivity index (χ2n) is 3.39. The SMILES string of the molecule is N#CC(Nc1ccc(Br)cc1)c1cscc1Br. The van der Waals surface area contributed by atoms with E-state index < -0.39 is 0 Å². The number of hydrogen-bond acceptors (Lipinski definition) is 3. The zero-order valence-electron chi connectivity index (χ0n) is 8.65. The first-order valence-electron chi connectivity index (χ1n) is 4.84. The molecule has 86 valence electrons. The molecule has 1 aromatic carbocycles. The summed E-state index contributed by atoms with van der Waals surface area (Å²) in [5.74, 6) is 0. The van der Waals surface area contributed by atoms with Crippen LogP contribution in [0.3, 0.4) is 0 Å². The van der Waals surface area contributed by atoms with Crippen LogP contribution in [0.1, 0.15) is 11.6 Å². The molecule has 17 heavy (non-hydrogen) atoms. The van der Waals surface area contributed by atoms with Crippen LogP contribution in [0.4, 0.5) is 5.69 Å². The Hall–Kier alpha value is -0.830. The molecule has 0 aliphatic carbocycles. The minimum absolute atomic E-state index is 0.336. The van der Waals surface area contributed by atoms with E-state index in [2.05, 4.69) is 43.2 Å². The number of halogens is 2. The minimum atomic E-state index is -0.336. The number of anilines is 1. The average Bonchev–Trinajstić information content (AvgIpc) is 2.75. The molecule has 0 spiro atoms. The Labute approximate surface area is 121 Å². The lowest BCUT2D eigenvalue weighted by Gasteiger charge is -2.12. The zero-order chi connectivity index (χ0) is 12.3. The average molecular weight is 372 g/mol. The topological polar surface area (TPSA) is 35.8 Å². The van der Waals surface area contributed by atoms with Gasteiger partial charge in [0, 0.05) is 25.6 Å². The monoisotopic (exact) mass is 370 g/mol. The Bertz CT molecular complexity index is 542. The highest BCUT2D eigenvalue weighted by Crippen LogP contribution is 2.29. The third kappa shape index (κ3) is 3.09. The van der Waals surface area contributed by atoms with Crippen molar-refractivity contribution in [3.8, 4) is 6.07 Å². The molecule has 1 atom stereocenters. The molecule has 1 unspecified atom stereocenters. The van der Waals surface area contributed by atoms with E-state index in [-0.39, 0.29) is 6.04 Å². The smallest absolute Gasteiger partial charge is 0.142 e. The standard InChI is InChI=1S/C12H8Br2N2S/c13-8-1-3-9(4-2-8)16-12(5-15)10-6-17-7-11(10)14/h1-4,6-7,12,16H. The molecule has 0 saturated carbocycles. The fourth-order valence-corrected chi connectivity index (χ4v) is 3.21. The van der Waals surface area contributed by atoms with Gasteiger partial charge in [0.1, 0.15) is 6.04 Å². The number of thiophene rings is 1. The van der Waals surface area contributed by atoms with Gasteiger partial charge in [0.05, 0.1) is 6.07 Å². The molecule has 0 saturated heterocycles. The summed E-state index contributed by atoms with van der Waals surface area (Å²) in [4.78, 5) is 0. The van der Waals surface area contributed by atoms with E-state index >= 15 is 0 Å². The van der Waals surface area contributed by atoms with Gasteiger partial charge >= 0.3 is 0 Å². The lowest BCUT2D eigenvalue weighted by atomic mass is 10.1. The van der Waals surface area contributed by atoms with E-state index in [0.717, 1.165) is 20.2 Å². The van der Waals surface area contributed by atoms with Crippen LogP contribution in [-0.2, 0) is 0 Å². The van der Waals surface area contributed by atoms with Gasteiger partial charge in [-0.3, -0.25) is 0 Å². The first-order valence-corrected chi connectivity index (χ1v) is 7.37. The summed E-state index contributed by atoms with van der Waals surface area (Å²) in [5.41, 5.74) is 1.90. The normalized spacial score (nSPS) is 11.8. The second-order valence-corrected chi connectivity index (χ2v) is 5.90. The number of hydrogen-bond donors (Lipinski definition) is 1. The molecule has 1 aromatic heterocycles. The minimum Gasteiger partial charge on any atom is -0.366 e. The first kappa shape index (κ1) is 12.6. The molecule has 0 radical (unpaired) electrons. The Balaban J connectivity index is 2.19. The molecule has 0 amide bonds. The fourth-order valence-electron chi connectivity index (χ4n) is 1.39. The summed E-state index contributed by atoms with van der Waals surface area (Å²) >= 11 is 8.40. The summed E-state index contributed by atoms with van der Waals surface area (Å²) in [5, 5.41) is 16.3. The predicted molar refractivity (Wildman–Crippen MR) is 78.1 cm³/mol. The summed E-state index contributed by atoms with van der Waals surface area (Å²) < 4.78 is 1.99. The molecular formula is C12H8Br2N2S. The van der Waals surface area contributed by atoms with Gasteiger partial charge in [-0.1, -0.05) is 15.9 Å². The van der Waals surface area contributed by atoms with Gasteiger partial charge in [0.25, 0.3) is 0 Å². The largest absolute Gasteiger partial charge is 0.366 e. The van der Waals surface area contributed by atoms with Crippen LogP contribution in [0, 0.1) is 11.3 Å². The number of nitriles is 1. The lowest BCUT2D eigenvalue weighted by Crippen LogP contribution is -2.07. The van der Waals surface area contributed by atoms with E-state index in [0.29, 0.717) is 0 Å². The van der Waals surface area contributed by atoms with Gasteiger partial charge in [-0.2, -0.15) is 16.6 Å². The molecule has 0 aliphatic heterocycles. The molecule has 0 aliphatic rings. The van der Waals surface area contributed by atoms with Gasteiger partial charge in [0.15, 0.2) is 0 Å². The fraction of sp³-hybridized carbons (Fsp3) is 0.0833. The van der Waals surface area contributed by atoms with Crippen molar-refractivity contribution in [3.05, 3.63) is 49.5 Å². The molecule has 1 N–H and O–H groups in total. The van der Waals surface area contributed by atoms with Crippen LogP contribution < -0.4 is 5.32 Å². The van der Waals surface area contributed by atoms with Crippen molar-refractivity contribution in [2.24, 2.45) is 0 Å². The van der Waals surface area contributed by atoms with E-state index in [1.54, 1.807) is 11.3 Å². The molecule has 2 aromatic rings. The highest BCUT2D eigenvalue weighted by Gasteiger charge is 2.14. The number of nitrogens with zero attached hydrogens (tertiary/aromatic N) is 1. The van der Waals surface area contributed by atoms with Crippen LogP contribution in [0.15, 0.2) is 44.0 Å². The maximum absolute atomic E-state index is 9.20. The second kappa shape index (κ2) is 5.67. The maximum atomic E-state index is 9.20. The van der Waals surface area contributed by atoms with E-state index in [4.69, 9.17) is 0 Å². The van der Waals surface area contributed by atoms with Crippen molar-refractivity contribution < 1.29 is 0 Å². The summed E-state index contributed by atoms with van der Waals surface area (Å²) in [7, 11) is 0. The molecule has 5 heteroatoms. The van der Waals surface area contributed by atoms with Crippen LogP contribution >= 0.6 is 43.2 Å². The number of nitrogens with one attached hydrogen (secondary N) is 1. The molecule has 2 nitrogen and oxygen atoms in total. The van der Waals surface area contributed by atoms with Gasteiger partial charge in [-0.05, 0) is 45.6 Å². The van der Waals surface area contributed by atoms with Gasteiger partial charge < -0.3 is 5.32 Å². The maximum Gasteiger partial charge on any atom is 0.142 e. The zero-order valence-corrected chi connectivity index (χ0v) is 12.6. The van der Waals surface area contributed by atoms with Crippen molar-refractivity contribution in [2.45, 2.75) is 6.04 Å². The first-order chi connectivity index (χ1) is 8.20. The lowest BCUT2D eigenvalue weighted by molar-refractivity contribution is 0.999. The van der Waals surface area contributed by atoms with Gasteiger partial charge in [-0.25, -0.2) is 0 Å². The summed E-state index contributed by atoms with van der Waals surface area (Å²) in [6.45, 7) is 0. The third-order valence-corrected chi connectivity index (χ3v) is 4.52. The van der Waals surface area contributed by atoms with Crippen molar-refractivity contribution in [3.63, 3.8) is 0 Å². The Morgan fingerprint density at radius 3 is 2.41 bits per heavy atom. The van der Waals surface area contributed by atoms with Gasteiger partial charge in [0.2, 0.25) is 0 Å². The Morgan fingerprint density at radius 2 is 1.88 bits per heavy atom. The summed E-state index contributed by atoms with van der Waals surface area (Å²) in [6.07, 6.45) is 0. The van der Waals surface area contributed by atoms with Crippen LogP contribution in [-0.4, -0.2) is 0 Å². The summed E-state index contributed by atoms with van der Waals surface area (Å²) in [6, 6.07) is 9.69. The van der Waals surface area contributed by atoms with E-state index in [9.17, 15) is 5.26 Å². The quantitative estimate of drug-likeness (QED) is 0.828. The van der Waals surface area contributed by atoms with Crippen molar-refractivity contribution in [1.82, 2.24) is 0 Å². The third-order valence-electron chi connectivity index (χ3n) is 2.24. The predicted octanol–water partition coefficient (Wildman–Crippen LogP) is 4.95. The van der Waals surface area contributed by atoms with Crippen LogP contribution in [0.2, 0.25) is 0 Å². The Morgan fingerprint density at radius 1 is 1.18 bits per heavy atom. The molecule has 0 fully saturated rings. The van der Waals surface area contributed by atoms with E-state index in [1.807, 2.05) is 35.0 Å². The van der Waals surface area contributed by atoms with Gasteiger partial charge in [-0.15, -0.1) is 0 Å². The van der Waals surface area contributed by atoms with Crippen LogP contribution in [0.25, 0.3) is 0 Å². The van der Waals surface area contributed by atoms with Crippen molar-refractivity contribution in [2.75, 3.05) is 5.32 Å². The molecular weight excluding hydrogens is 364 g/mol. The molecule has 0 bridgehead atoms. The molecule has 1 heterocycles. The number of rotatable bonds is 3. The van der Waals surface area contributed by atoms with Crippen molar-refractivity contribution in [1.29, 1.82) is 5.26 Å². The van der Waals surface area contributed by atoms with Crippen molar-refractivity contribution >= 4 is 48.9 Å². The van der Waals surface area contributed by atoms with E-state index in [1.165, 1.54) is 0 Å². The molecule has 2 rings (SSSR count). The Kier molecular flexibility index (Phi) is 4.21. The highest BCUT2D eigenvalue weighted by molar-refractivity contribution is 9.10. The highest BCUT2D eigenvalue weighted by atomic mass is 79.9.